The number of amides is 1. The number of likely N-dealkylation sites (tertiary alicyclic amines) is 1. The van der Waals surface area contributed by atoms with Crippen LogP contribution in [0, 0.1) is 5.82 Å². The van der Waals surface area contributed by atoms with Gasteiger partial charge in [-0.25, -0.2) is 4.39 Å². The van der Waals surface area contributed by atoms with E-state index in [1.807, 2.05) is 0 Å². The van der Waals surface area contributed by atoms with Gasteiger partial charge >= 0.3 is 5.97 Å². The van der Waals surface area contributed by atoms with E-state index >= 15 is 0 Å². The highest BCUT2D eigenvalue weighted by atomic mass is 35.5. The van der Waals surface area contributed by atoms with Crippen molar-refractivity contribution in [1.29, 1.82) is 0 Å². The summed E-state index contributed by atoms with van der Waals surface area (Å²) in [6.07, 6.45) is 0.135. The number of nitrogens with zero attached hydrogens (tertiary/aromatic N) is 1. The minimum Gasteiger partial charge on any atom is -0.480 e. The number of rotatable bonds is 2. The van der Waals surface area contributed by atoms with Gasteiger partial charge in [-0.2, -0.15) is 0 Å². The Balaban J connectivity index is 2.23. The molecule has 1 saturated heterocycles. The molecule has 1 aromatic rings. The molecule has 1 amide bonds. The highest BCUT2D eigenvalue weighted by Gasteiger charge is 2.43. The zero-order valence-corrected chi connectivity index (χ0v) is 10.7. The van der Waals surface area contributed by atoms with Crippen molar-refractivity contribution in [2.24, 2.45) is 5.73 Å². The van der Waals surface area contributed by atoms with E-state index in [1.54, 1.807) is 0 Å². The van der Waals surface area contributed by atoms with Crippen LogP contribution < -0.4 is 5.73 Å². The Morgan fingerprint density at radius 1 is 1.47 bits per heavy atom. The molecule has 1 fully saturated rings. The molecule has 0 spiro atoms. The first-order valence-corrected chi connectivity index (χ1v) is 5.98. The molecule has 0 aromatic heterocycles. The number of nitrogens with two attached hydrogens (primary N) is 1. The van der Waals surface area contributed by atoms with Gasteiger partial charge in [-0.1, -0.05) is 17.7 Å². The van der Waals surface area contributed by atoms with Crippen molar-refractivity contribution < 1.29 is 19.1 Å². The van der Waals surface area contributed by atoms with Gasteiger partial charge in [-0.05, 0) is 18.6 Å². The third-order valence-corrected chi connectivity index (χ3v) is 3.49. The smallest absolute Gasteiger partial charge is 0.325 e. The number of hydrogen-bond donors (Lipinski definition) is 2. The zero-order chi connectivity index (χ0) is 14.2. The second-order valence-electron chi connectivity index (χ2n) is 4.54. The summed E-state index contributed by atoms with van der Waals surface area (Å²) in [5.74, 6) is -2.58. The Labute approximate surface area is 113 Å². The van der Waals surface area contributed by atoms with Gasteiger partial charge in [-0.3, -0.25) is 9.59 Å². The van der Waals surface area contributed by atoms with Gasteiger partial charge in [-0.15, -0.1) is 0 Å². The fourth-order valence-corrected chi connectivity index (χ4v) is 2.19. The molecule has 1 atom stereocenters. The number of carbonyl (C=O) groups excluding carboxylic acids is 1. The molecule has 19 heavy (non-hydrogen) atoms. The molecule has 1 unspecified atom stereocenters. The first-order chi connectivity index (χ1) is 8.85. The highest BCUT2D eigenvalue weighted by molar-refractivity contribution is 6.31. The molecule has 0 saturated carbocycles. The van der Waals surface area contributed by atoms with Crippen LogP contribution in [-0.4, -0.2) is 40.5 Å². The molecular weight excluding hydrogens is 275 g/mol. The summed E-state index contributed by atoms with van der Waals surface area (Å²) in [5.41, 5.74) is 4.02. The van der Waals surface area contributed by atoms with E-state index in [1.165, 1.54) is 23.1 Å². The Kier molecular flexibility index (Phi) is 3.47. The molecule has 7 heteroatoms. The first-order valence-electron chi connectivity index (χ1n) is 5.61. The molecule has 102 valence electrons. The predicted molar refractivity (Wildman–Crippen MR) is 66.5 cm³/mol. The largest absolute Gasteiger partial charge is 0.480 e. The Bertz CT molecular complexity index is 552. The number of halogens is 2. The Hall–Kier alpha value is -1.66. The lowest BCUT2D eigenvalue weighted by Gasteiger charge is -2.20. The average Bonchev–Trinajstić information content (AvgIpc) is 2.76. The summed E-state index contributed by atoms with van der Waals surface area (Å²) in [5, 5.41) is 8.83. The summed E-state index contributed by atoms with van der Waals surface area (Å²) < 4.78 is 13.7. The standard InChI is InChI=1S/C12H12ClFN2O3/c13-8-3-1-2-7(9(8)14)10(17)16-5-4-12(15,6-16)11(18)19/h1-3H,4-6,15H2,(H,18,19). The molecule has 1 aromatic carbocycles. The lowest BCUT2D eigenvalue weighted by atomic mass is 10.0. The summed E-state index contributed by atoms with van der Waals surface area (Å²) in [6.45, 7) is 0.0285. The summed E-state index contributed by atoms with van der Waals surface area (Å²) in [6, 6.07) is 4.10. The summed E-state index contributed by atoms with van der Waals surface area (Å²) >= 11 is 5.61. The second kappa shape index (κ2) is 4.79. The minimum absolute atomic E-state index is 0.135. The normalized spacial score (nSPS) is 22.6. The lowest BCUT2D eigenvalue weighted by Crippen LogP contribution is -2.50. The van der Waals surface area contributed by atoms with Crippen LogP contribution in [0.1, 0.15) is 16.8 Å². The predicted octanol–water partition coefficient (Wildman–Crippen LogP) is 1.11. The van der Waals surface area contributed by atoms with Crippen molar-refractivity contribution in [3.63, 3.8) is 0 Å². The van der Waals surface area contributed by atoms with Gasteiger partial charge in [0.05, 0.1) is 10.6 Å². The summed E-state index contributed by atoms with van der Waals surface area (Å²) in [4.78, 5) is 24.3. The second-order valence-corrected chi connectivity index (χ2v) is 4.95. The third kappa shape index (κ3) is 2.41. The fraction of sp³-hybridized carbons (Fsp3) is 0.333. The van der Waals surface area contributed by atoms with E-state index in [0.717, 1.165) is 0 Å². The van der Waals surface area contributed by atoms with E-state index in [4.69, 9.17) is 22.4 Å². The fourth-order valence-electron chi connectivity index (χ4n) is 2.02. The lowest BCUT2D eigenvalue weighted by molar-refractivity contribution is -0.142. The van der Waals surface area contributed by atoms with Crippen LogP contribution in [0.15, 0.2) is 18.2 Å². The molecule has 2 rings (SSSR count). The maximum absolute atomic E-state index is 13.7. The van der Waals surface area contributed by atoms with Gasteiger partial charge < -0.3 is 15.7 Å². The minimum atomic E-state index is -1.47. The van der Waals surface area contributed by atoms with Gasteiger partial charge in [0.15, 0.2) is 5.82 Å². The maximum atomic E-state index is 13.7. The molecule has 0 bridgehead atoms. The van der Waals surface area contributed by atoms with Crippen molar-refractivity contribution in [2.75, 3.05) is 13.1 Å². The van der Waals surface area contributed by atoms with Crippen molar-refractivity contribution in [2.45, 2.75) is 12.0 Å². The number of benzene rings is 1. The van der Waals surface area contributed by atoms with Crippen molar-refractivity contribution in [3.8, 4) is 0 Å². The topological polar surface area (TPSA) is 83.6 Å². The molecule has 1 aliphatic heterocycles. The zero-order valence-electron chi connectivity index (χ0n) is 9.90. The maximum Gasteiger partial charge on any atom is 0.325 e. The molecule has 1 aliphatic rings. The Morgan fingerprint density at radius 2 is 2.16 bits per heavy atom. The number of carbonyl (C=O) groups is 2. The average molecular weight is 287 g/mol. The van der Waals surface area contributed by atoms with E-state index in [0.29, 0.717) is 0 Å². The molecule has 3 N–H and O–H groups in total. The van der Waals surface area contributed by atoms with Crippen LogP contribution in [0.25, 0.3) is 0 Å². The first kappa shape index (κ1) is 13.8. The van der Waals surface area contributed by atoms with Crippen LogP contribution in [-0.2, 0) is 4.79 Å². The SMILES string of the molecule is NC1(C(=O)O)CCN(C(=O)c2cccc(Cl)c2F)C1. The highest BCUT2D eigenvalue weighted by Crippen LogP contribution is 2.24. The molecule has 1 heterocycles. The van der Waals surface area contributed by atoms with Crippen LogP contribution in [0.4, 0.5) is 4.39 Å². The quantitative estimate of drug-likeness (QED) is 0.853. The van der Waals surface area contributed by atoms with Gasteiger partial charge in [0.1, 0.15) is 5.54 Å². The van der Waals surface area contributed by atoms with Crippen LogP contribution in [0.2, 0.25) is 5.02 Å². The monoisotopic (exact) mass is 286 g/mol. The van der Waals surface area contributed by atoms with Crippen molar-refractivity contribution in [3.05, 3.63) is 34.6 Å². The number of aliphatic carboxylic acids is 1. The van der Waals surface area contributed by atoms with E-state index in [-0.39, 0.29) is 30.1 Å². The molecule has 0 aliphatic carbocycles. The number of carboxylic acids is 1. The van der Waals surface area contributed by atoms with Crippen LogP contribution in [0.5, 0.6) is 0 Å². The van der Waals surface area contributed by atoms with Gasteiger partial charge in [0.25, 0.3) is 5.91 Å². The number of hydrogen-bond acceptors (Lipinski definition) is 3. The van der Waals surface area contributed by atoms with Crippen molar-refractivity contribution >= 4 is 23.5 Å². The van der Waals surface area contributed by atoms with Crippen molar-refractivity contribution in [1.82, 2.24) is 4.90 Å². The van der Waals surface area contributed by atoms with E-state index < -0.39 is 23.2 Å². The molecule has 0 radical (unpaired) electrons. The summed E-state index contributed by atoms with van der Waals surface area (Å²) in [7, 11) is 0. The Morgan fingerprint density at radius 3 is 2.74 bits per heavy atom. The number of carboxylic acid groups (broad SMARTS) is 1. The van der Waals surface area contributed by atoms with Crippen LogP contribution in [0.3, 0.4) is 0 Å². The van der Waals surface area contributed by atoms with Gasteiger partial charge in [0.2, 0.25) is 0 Å². The van der Waals surface area contributed by atoms with Gasteiger partial charge in [0, 0.05) is 13.1 Å². The van der Waals surface area contributed by atoms with E-state index in [2.05, 4.69) is 0 Å². The van der Waals surface area contributed by atoms with Crippen LogP contribution >= 0.6 is 11.6 Å². The van der Waals surface area contributed by atoms with E-state index in [9.17, 15) is 14.0 Å². The third-order valence-electron chi connectivity index (χ3n) is 3.20. The molecule has 5 nitrogen and oxygen atoms in total. The molecular formula is C12H12ClFN2O3.